The smallest absolute Gasteiger partial charge is 0.169 e. The van der Waals surface area contributed by atoms with Gasteiger partial charge in [-0.3, -0.25) is 0 Å². The molecule has 30 heavy (non-hydrogen) atoms. The highest BCUT2D eigenvalue weighted by molar-refractivity contribution is 7.98. The zero-order valence-corrected chi connectivity index (χ0v) is 18.7. The van der Waals surface area contributed by atoms with Crippen LogP contribution in [0.4, 0.5) is 0 Å². The molecule has 0 atom stereocenters. The number of aryl methyl sites for hydroxylation is 4. The molecule has 0 radical (unpaired) electrons. The molecule has 0 aliphatic heterocycles. The summed E-state index contributed by atoms with van der Waals surface area (Å²) in [4.78, 5) is 4.98. The molecule has 0 unspecified atom stereocenters. The second-order valence-electron chi connectivity index (χ2n) is 7.89. The highest BCUT2D eigenvalue weighted by atomic mass is 32.2. The molecular weight excluding hydrogens is 386 g/mol. The van der Waals surface area contributed by atoms with E-state index < -0.39 is 0 Å². The van der Waals surface area contributed by atoms with E-state index in [4.69, 9.17) is 4.98 Å². The Labute approximate surface area is 182 Å². The lowest BCUT2D eigenvalue weighted by Gasteiger charge is -2.13. The summed E-state index contributed by atoms with van der Waals surface area (Å²) < 4.78 is 2.32. The molecule has 0 aliphatic rings. The van der Waals surface area contributed by atoms with Crippen molar-refractivity contribution in [1.82, 2.24) is 9.55 Å². The summed E-state index contributed by atoms with van der Waals surface area (Å²) in [5.41, 5.74) is 10.4. The number of imidazole rings is 1. The Hall–Kier alpha value is -3.03. The van der Waals surface area contributed by atoms with Crippen molar-refractivity contribution in [2.75, 3.05) is 0 Å². The molecule has 4 heteroatoms. The van der Waals surface area contributed by atoms with Gasteiger partial charge in [-0.1, -0.05) is 53.7 Å². The van der Waals surface area contributed by atoms with Gasteiger partial charge in [0.1, 0.15) is 0 Å². The number of hydrogen-bond acceptors (Lipinski definition) is 3. The van der Waals surface area contributed by atoms with E-state index in [1.807, 2.05) is 24.3 Å². The van der Waals surface area contributed by atoms with E-state index in [9.17, 15) is 5.26 Å². The van der Waals surface area contributed by atoms with Crippen molar-refractivity contribution in [3.63, 3.8) is 0 Å². The molecular formula is C26H25N3S. The van der Waals surface area contributed by atoms with Crippen LogP contribution in [0.15, 0.2) is 59.8 Å². The van der Waals surface area contributed by atoms with Gasteiger partial charge < -0.3 is 4.57 Å². The van der Waals surface area contributed by atoms with Crippen LogP contribution in [0.3, 0.4) is 0 Å². The Balaban J connectivity index is 1.77. The largest absolute Gasteiger partial charge is 0.314 e. The van der Waals surface area contributed by atoms with Crippen molar-refractivity contribution in [3.05, 3.63) is 93.5 Å². The Kier molecular flexibility index (Phi) is 5.65. The van der Waals surface area contributed by atoms with Crippen LogP contribution in [0.1, 0.15) is 38.9 Å². The fraction of sp³-hybridized carbons (Fsp3) is 0.231. The third-order valence-corrected chi connectivity index (χ3v) is 6.68. The summed E-state index contributed by atoms with van der Waals surface area (Å²) in [6, 6.07) is 21.1. The number of nitrogens with zero attached hydrogens (tertiary/aromatic N) is 3. The van der Waals surface area contributed by atoms with Crippen molar-refractivity contribution in [2.24, 2.45) is 0 Å². The van der Waals surface area contributed by atoms with Crippen molar-refractivity contribution in [1.29, 1.82) is 5.26 Å². The molecule has 1 aromatic heterocycles. The molecule has 4 rings (SSSR count). The van der Waals surface area contributed by atoms with Gasteiger partial charge in [-0.05, 0) is 73.7 Å². The van der Waals surface area contributed by atoms with Crippen LogP contribution in [-0.2, 0) is 12.3 Å². The second-order valence-corrected chi connectivity index (χ2v) is 8.84. The lowest BCUT2D eigenvalue weighted by Crippen LogP contribution is -2.04. The van der Waals surface area contributed by atoms with Gasteiger partial charge in [0, 0.05) is 5.75 Å². The van der Waals surface area contributed by atoms with Crippen molar-refractivity contribution in [2.45, 2.75) is 45.1 Å². The first-order valence-corrected chi connectivity index (χ1v) is 11.1. The number of benzene rings is 3. The van der Waals surface area contributed by atoms with Crippen LogP contribution in [-0.4, -0.2) is 9.55 Å². The van der Waals surface area contributed by atoms with Crippen LogP contribution in [0.2, 0.25) is 0 Å². The van der Waals surface area contributed by atoms with Gasteiger partial charge in [-0.2, -0.15) is 5.26 Å². The molecule has 0 aliphatic carbocycles. The summed E-state index contributed by atoms with van der Waals surface area (Å²) in [6.07, 6.45) is 0. The van der Waals surface area contributed by atoms with E-state index in [1.165, 1.54) is 27.8 Å². The minimum absolute atomic E-state index is 0.720. The van der Waals surface area contributed by atoms with E-state index in [-0.39, 0.29) is 0 Å². The molecule has 0 amide bonds. The lowest BCUT2D eigenvalue weighted by molar-refractivity contribution is 0.727. The van der Waals surface area contributed by atoms with Crippen molar-refractivity contribution in [3.8, 4) is 6.07 Å². The summed E-state index contributed by atoms with van der Waals surface area (Å²) >= 11 is 1.70. The van der Waals surface area contributed by atoms with Gasteiger partial charge in [-0.25, -0.2) is 4.98 Å². The third-order valence-electron chi connectivity index (χ3n) is 5.66. The van der Waals surface area contributed by atoms with Crippen LogP contribution in [0.25, 0.3) is 11.0 Å². The van der Waals surface area contributed by atoms with Crippen molar-refractivity contribution >= 4 is 22.8 Å². The summed E-state index contributed by atoms with van der Waals surface area (Å²) in [6.45, 7) is 9.37. The number of nitriles is 1. The fourth-order valence-corrected chi connectivity index (χ4v) is 4.68. The minimum atomic E-state index is 0.720. The van der Waals surface area contributed by atoms with E-state index in [0.29, 0.717) is 0 Å². The van der Waals surface area contributed by atoms with Crippen LogP contribution >= 0.6 is 11.8 Å². The molecule has 3 aromatic carbocycles. The molecule has 0 saturated carbocycles. The average Bonchev–Trinajstić information content (AvgIpc) is 3.06. The lowest BCUT2D eigenvalue weighted by atomic mass is 10.1. The quantitative estimate of drug-likeness (QED) is 0.353. The van der Waals surface area contributed by atoms with Gasteiger partial charge >= 0.3 is 0 Å². The average molecular weight is 412 g/mol. The third kappa shape index (κ3) is 3.99. The first-order valence-electron chi connectivity index (χ1n) is 10.1. The standard InChI is InChI=1S/C26H25N3S/c1-17-9-10-18(2)23(11-17)15-29-25-13-20(4)19(3)12-24(25)28-26(29)30-16-22-8-6-5-7-21(22)14-27/h5-13H,15-16H2,1-4H3. The SMILES string of the molecule is Cc1ccc(C)c(Cn2c(SCc3ccccc3C#N)nc3cc(C)c(C)cc32)c1. The molecule has 0 fully saturated rings. The van der Waals surface area contributed by atoms with Crippen LogP contribution in [0.5, 0.6) is 0 Å². The molecule has 0 saturated heterocycles. The number of rotatable bonds is 5. The van der Waals surface area contributed by atoms with Crippen LogP contribution in [0, 0.1) is 39.0 Å². The Morgan fingerprint density at radius 3 is 2.47 bits per heavy atom. The number of thioether (sulfide) groups is 1. The maximum atomic E-state index is 9.42. The first kappa shape index (κ1) is 20.3. The topological polar surface area (TPSA) is 41.6 Å². The second kappa shape index (κ2) is 8.38. The molecule has 150 valence electrons. The number of aromatic nitrogens is 2. The predicted molar refractivity (Wildman–Crippen MR) is 125 cm³/mol. The minimum Gasteiger partial charge on any atom is -0.314 e. The van der Waals surface area contributed by atoms with Gasteiger partial charge in [-0.15, -0.1) is 0 Å². The summed E-state index contributed by atoms with van der Waals surface area (Å²) in [5.74, 6) is 0.720. The Morgan fingerprint density at radius 1 is 0.900 bits per heavy atom. The van der Waals surface area contributed by atoms with Crippen molar-refractivity contribution < 1.29 is 0 Å². The fourth-order valence-electron chi connectivity index (χ4n) is 3.66. The molecule has 4 aromatic rings. The first-order chi connectivity index (χ1) is 14.5. The zero-order chi connectivity index (χ0) is 21.3. The van der Waals surface area contributed by atoms with Crippen LogP contribution < -0.4 is 0 Å². The monoisotopic (exact) mass is 411 g/mol. The van der Waals surface area contributed by atoms with E-state index in [2.05, 4.69) is 68.7 Å². The Bertz CT molecular complexity index is 1280. The molecule has 0 bridgehead atoms. The van der Waals surface area contributed by atoms with Gasteiger partial charge in [0.2, 0.25) is 0 Å². The maximum absolute atomic E-state index is 9.42. The van der Waals surface area contributed by atoms with E-state index in [0.717, 1.165) is 39.6 Å². The normalized spacial score (nSPS) is 11.0. The number of hydrogen-bond donors (Lipinski definition) is 0. The predicted octanol–water partition coefficient (Wildman–Crippen LogP) is 6.48. The van der Waals surface area contributed by atoms with E-state index >= 15 is 0 Å². The molecule has 1 heterocycles. The maximum Gasteiger partial charge on any atom is 0.169 e. The highest BCUT2D eigenvalue weighted by Crippen LogP contribution is 2.30. The highest BCUT2D eigenvalue weighted by Gasteiger charge is 2.15. The summed E-state index contributed by atoms with van der Waals surface area (Å²) in [5, 5.41) is 10.4. The van der Waals surface area contributed by atoms with Gasteiger partial charge in [0.25, 0.3) is 0 Å². The summed E-state index contributed by atoms with van der Waals surface area (Å²) in [7, 11) is 0. The molecule has 0 N–H and O–H groups in total. The van der Waals surface area contributed by atoms with Gasteiger partial charge in [0.05, 0.1) is 29.2 Å². The van der Waals surface area contributed by atoms with Gasteiger partial charge in [0.15, 0.2) is 5.16 Å². The molecule has 3 nitrogen and oxygen atoms in total. The number of fused-ring (bicyclic) bond motifs is 1. The Morgan fingerprint density at radius 2 is 1.67 bits per heavy atom. The van der Waals surface area contributed by atoms with E-state index in [1.54, 1.807) is 11.8 Å². The zero-order valence-electron chi connectivity index (χ0n) is 17.9. The molecule has 0 spiro atoms.